The Labute approximate surface area is 160 Å². The minimum absolute atomic E-state index is 0.0443. The molecule has 0 radical (unpaired) electrons. The third-order valence-electron chi connectivity index (χ3n) is 5.05. The Balaban J connectivity index is 1.14. The van der Waals surface area contributed by atoms with E-state index in [1.807, 2.05) is 43.3 Å². The van der Waals surface area contributed by atoms with Crippen LogP contribution in [0.1, 0.15) is 11.5 Å². The normalized spacial score (nSPS) is 14.5. The summed E-state index contributed by atoms with van der Waals surface area (Å²) in [6.07, 6.45) is 0.221. The van der Waals surface area contributed by atoms with Crippen LogP contribution < -0.4 is 10.2 Å². The van der Waals surface area contributed by atoms with Crippen LogP contribution in [0.2, 0.25) is 0 Å². The number of carbonyl (C=O) groups excluding carboxylic acids is 1. The Morgan fingerprint density at radius 1 is 1.21 bits per heavy atom. The topological polar surface area (TPSA) is 101 Å². The number of hydrogen-bond acceptors (Lipinski definition) is 7. The average Bonchev–Trinajstić information content (AvgIpc) is 3.25. The van der Waals surface area contributed by atoms with Gasteiger partial charge in [-0.1, -0.05) is 17.3 Å². The van der Waals surface area contributed by atoms with Crippen molar-refractivity contribution in [2.24, 2.45) is 5.92 Å². The first-order valence-electron chi connectivity index (χ1n) is 9.21. The number of benzene rings is 1. The summed E-state index contributed by atoms with van der Waals surface area (Å²) in [4.78, 5) is 14.4. The van der Waals surface area contributed by atoms with Gasteiger partial charge in [-0.3, -0.25) is 4.79 Å². The molecule has 1 N–H and O–H groups in total. The molecule has 142 valence electrons. The molecule has 0 atom stereocenters. The summed E-state index contributed by atoms with van der Waals surface area (Å²) < 4.78 is 6.99. The molecule has 1 fully saturated rings. The summed E-state index contributed by atoms with van der Waals surface area (Å²) in [5.41, 5.74) is 2.11. The van der Waals surface area contributed by atoms with Crippen molar-refractivity contribution in [2.75, 3.05) is 24.5 Å². The van der Waals surface area contributed by atoms with Gasteiger partial charge in [0.1, 0.15) is 11.5 Å². The number of nitrogens with one attached hydrogen (secondary N) is 1. The van der Waals surface area contributed by atoms with Crippen molar-refractivity contribution in [1.29, 1.82) is 0 Å². The summed E-state index contributed by atoms with van der Waals surface area (Å²) in [5.74, 6) is 2.02. The molecule has 5 rings (SSSR count). The highest BCUT2D eigenvalue weighted by molar-refractivity contribution is 5.86. The van der Waals surface area contributed by atoms with Crippen molar-refractivity contribution in [3.05, 3.63) is 47.9 Å². The number of nitrogens with zero attached hydrogens (tertiary/aromatic N) is 6. The molecule has 0 unspecified atom stereocenters. The minimum atomic E-state index is -0.0443. The molecule has 0 bridgehead atoms. The van der Waals surface area contributed by atoms with E-state index in [0.717, 1.165) is 35.8 Å². The first-order chi connectivity index (χ1) is 13.7. The Kier molecular flexibility index (Phi) is 3.92. The maximum Gasteiger partial charge on any atom is 0.226 e. The number of para-hydroxylation sites is 1. The molecule has 9 nitrogen and oxygen atoms in total. The highest BCUT2D eigenvalue weighted by atomic mass is 16.5. The second kappa shape index (κ2) is 6.59. The van der Waals surface area contributed by atoms with Crippen LogP contribution in [0.3, 0.4) is 0 Å². The molecule has 4 heterocycles. The molecule has 0 spiro atoms. The maximum absolute atomic E-state index is 12.3. The Morgan fingerprint density at radius 3 is 2.96 bits per heavy atom. The molecule has 28 heavy (non-hydrogen) atoms. The van der Waals surface area contributed by atoms with Crippen LogP contribution in [-0.2, 0) is 11.2 Å². The van der Waals surface area contributed by atoms with Crippen LogP contribution in [-0.4, -0.2) is 50.5 Å². The van der Waals surface area contributed by atoms with Crippen molar-refractivity contribution >= 4 is 28.3 Å². The number of amides is 1. The zero-order chi connectivity index (χ0) is 19.1. The molecule has 9 heteroatoms. The van der Waals surface area contributed by atoms with Gasteiger partial charge in [-0.05, 0) is 31.2 Å². The Hall–Kier alpha value is -3.49. The van der Waals surface area contributed by atoms with Crippen LogP contribution in [0.5, 0.6) is 0 Å². The van der Waals surface area contributed by atoms with Crippen molar-refractivity contribution < 1.29 is 9.32 Å². The Bertz CT molecular complexity index is 1160. The fraction of sp³-hybridized carbons (Fsp3) is 0.316. The van der Waals surface area contributed by atoms with E-state index in [0.29, 0.717) is 23.7 Å². The van der Waals surface area contributed by atoms with Gasteiger partial charge >= 0.3 is 0 Å². The van der Waals surface area contributed by atoms with Gasteiger partial charge in [-0.25, -0.2) is 0 Å². The number of aromatic nitrogens is 5. The lowest BCUT2D eigenvalue weighted by atomic mass is 10.00. The highest BCUT2D eigenvalue weighted by Crippen LogP contribution is 2.23. The fourth-order valence-electron chi connectivity index (χ4n) is 3.48. The third kappa shape index (κ3) is 2.94. The summed E-state index contributed by atoms with van der Waals surface area (Å²) in [6, 6.07) is 11.4. The van der Waals surface area contributed by atoms with Gasteiger partial charge in [0.05, 0.1) is 6.42 Å². The summed E-state index contributed by atoms with van der Waals surface area (Å²) in [5, 5.41) is 20.6. The van der Waals surface area contributed by atoms with Crippen molar-refractivity contribution in [3.63, 3.8) is 0 Å². The number of fused-ring (bicyclic) bond motifs is 2. The minimum Gasteiger partial charge on any atom is -0.356 e. The van der Waals surface area contributed by atoms with Crippen LogP contribution in [0, 0.1) is 12.8 Å². The van der Waals surface area contributed by atoms with E-state index in [1.54, 1.807) is 4.52 Å². The predicted molar refractivity (Wildman–Crippen MR) is 102 cm³/mol. The molecule has 1 amide bonds. The van der Waals surface area contributed by atoms with Crippen molar-refractivity contribution in [3.8, 4) is 0 Å². The predicted octanol–water partition coefficient (Wildman–Crippen LogP) is 1.37. The van der Waals surface area contributed by atoms with E-state index >= 15 is 0 Å². The molecular formula is C19H19N7O2. The number of anilines is 1. The van der Waals surface area contributed by atoms with Gasteiger partial charge in [0.25, 0.3) is 0 Å². The van der Waals surface area contributed by atoms with Gasteiger partial charge in [0.2, 0.25) is 5.91 Å². The third-order valence-corrected chi connectivity index (χ3v) is 5.05. The van der Waals surface area contributed by atoms with Gasteiger partial charge < -0.3 is 14.7 Å². The molecule has 1 aliphatic heterocycles. The van der Waals surface area contributed by atoms with Gasteiger partial charge in [0.15, 0.2) is 17.1 Å². The lowest BCUT2D eigenvalue weighted by molar-refractivity contribution is -0.120. The second-order valence-corrected chi connectivity index (χ2v) is 7.09. The van der Waals surface area contributed by atoms with E-state index in [2.05, 4.69) is 30.7 Å². The van der Waals surface area contributed by atoms with Crippen LogP contribution >= 0.6 is 0 Å². The molecule has 1 saturated heterocycles. The average molecular weight is 377 g/mol. The maximum atomic E-state index is 12.3. The molecule has 4 aromatic rings. The second-order valence-electron chi connectivity index (χ2n) is 7.09. The van der Waals surface area contributed by atoms with E-state index in [-0.39, 0.29) is 12.3 Å². The molecule has 3 aromatic heterocycles. The van der Waals surface area contributed by atoms with Crippen LogP contribution in [0.25, 0.3) is 16.6 Å². The van der Waals surface area contributed by atoms with Crippen LogP contribution in [0.4, 0.5) is 5.82 Å². The van der Waals surface area contributed by atoms with Crippen molar-refractivity contribution in [2.45, 2.75) is 13.3 Å². The zero-order valence-corrected chi connectivity index (χ0v) is 15.4. The number of rotatable bonds is 5. The van der Waals surface area contributed by atoms with E-state index in [4.69, 9.17) is 4.52 Å². The molecule has 1 aliphatic rings. The van der Waals surface area contributed by atoms with E-state index in [9.17, 15) is 4.79 Å². The monoisotopic (exact) mass is 377 g/mol. The van der Waals surface area contributed by atoms with Gasteiger partial charge in [0, 0.05) is 30.9 Å². The zero-order valence-electron chi connectivity index (χ0n) is 15.4. The molecule has 1 aromatic carbocycles. The largest absolute Gasteiger partial charge is 0.356 e. The molecule has 0 aliphatic carbocycles. The SMILES string of the molecule is Cc1nnc2ccc(N3CC(CNC(=O)Cc4noc5ccccc45)C3)nn12. The first kappa shape index (κ1) is 16.7. The number of carbonyl (C=O) groups is 1. The fourth-order valence-corrected chi connectivity index (χ4v) is 3.48. The van der Waals surface area contributed by atoms with E-state index < -0.39 is 0 Å². The van der Waals surface area contributed by atoms with Gasteiger partial charge in [-0.15, -0.1) is 15.3 Å². The number of aryl methyl sites for hydroxylation is 1. The summed E-state index contributed by atoms with van der Waals surface area (Å²) >= 11 is 0. The summed E-state index contributed by atoms with van der Waals surface area (Å²) in [6.45, 7) is 4.22. The smallest absolute Gasteiger partial charge is 0.226 e. The van der Waals surface area contributed by atoms with E-state index in [1.165, 1.54) is 0 Å². The lowest BCUT2D eigenvalue weighted by Crippen LogP contribution is -2.52. The standard InChI is InChI=1S/C19H19N7O2/c1-12-21-22-17-6-7-18(23-26(12)17)25-10-13(11-25)9-20-19(27)8-15-14-4-2-3-5-16(14)28-24-15/h2-7,13H,8-11H2,1H3,(H,20,27). The number of hydrogen-bond donors (Lipinski definition) is 1. The lowest BCUT2D eigenvalue weighted by Gasteiger charge is -2.40. The molecular weight excluding hydrogens is 358 g/mol. The Morgan fingerprint density at radius 2 is 2.07 bits per heavy atom. The summed E-state index contributed by atoms with van der Waals surface area (Å²) in [7, 11) is 0. The quantitative estimate of drug-likeness (QED) is 0.560. The van der Waals surface area contributed by atoms with Crippen molar-refractivity contribution in [1.82, 2.24) is 30.3 Å². The van der Waals surface area contributed by atoms with Gasteiger partial charge in [-0.2, -0.15) is 4.52 Å². The van der Waals surface area contributed by atoms with Crippen LogP contribution in [0.15, 0.2) is 40.9 Å². The first-order valence-corrected chi connectivity index (χ1v) is 9.21. The highest BCUT2D eigenvalue weighted by Gasteiger charge is 2.28. The molecule has 0 saturated carbocycles.